The van der Waals surface area contributed by atoms with Crippen LogP contribution in [0.3, 0.4) is 0 Å². The SMILES string of the molecule is NCCCc1cn(-c2ncc(C(F)(F)F)cc2Cl)c2ccccc12. The van der Waals surface area contributed by atoms with Crippen molar-refractivity contribution in [3.63, 3.8) is 0 Å². The van der Waals surface area contributed by atoms with Crippen LogP contribution in [0.1, 0.15) is 17.5 Å². The van der Waals surface area contributed by atoms with Gasteiger partial charge in [0.15, 0.2) is 5.82 Å². The Balaban J connectivity index is 2.13. The number of nitrogens with zero attached hydrogens (tertiary/aromatic N) is 2. The third kappa shape index (κ3) is 3.12. The maximum absolute atomic E-state index is 12.8. The number of alkyl halides is 3. The molecule has 0 unspecified atom stereocenters. The number of para-hydroxylation sites is 1. The van der Waals surface area contributed by atoms with Gasteiger partial charge in [0.25, 0.3) is 0 Å². The van der Waals surface area contributed by atoms with Crippen LogP contribution in [0, 0.1) is 0 Å². The second kappa shape index (κ2) is 6.45. The summed E-state index contributed by atoms with van der Waals surface area (Å²) in [4.78, 5) is 3.95. The van der Waals surface area contributed by atoms with Crippen LogP contribution in [0.4, 0.5) is 13.2 Å². The van der Waals surface area contributed by atoms with Crippen molar-refractivity contribution in [1.29, 1.82) is 0 Å². The summed E-state index contributed by atoms with van der Waals surface area (Å²) in [6, 6.07) is 8.54. The van der Waals surface area contributed by atoms with Gasteiger partial charge in [0.2, 0.25) is 0 Å². The molecule has 0 aliphatic heterocycles. The second-order valence-corrected chi connectivity index (χ2v) is 5.87. The predicted octanol–water partition coefficient (Wildman–Crippen LogP) is 4.59. The smallest absolute Gasteiger partial charge is 0.330 e. The van der Waals surface area contributed by atoms with Crippen LogP contribution in [0.25, 0.3) is 16.7 Å². The van der Waals surface area contributed by atoms with Crippen LogP contribution in [0.2, 0.25) is 5.02 Å². The van der Waals surface area contributed by atoms with E-state index in [1.54, 1.807) is 4.57 Å². The quantitative estimate of drug-likeness (QED) is 0.745. The van der Waals surface area contributed by atoms with Crippen molar-refractivity contribution < 1.29 is 13.2 Å². The monoisotopic (exact) mass is 353 g/mol. The first kappa shape index (κ1) is 16.8. The van der Waals surface area contributed by atoms with Crippen LogP contribution in [0.15, 0.2) is 42.7 Å². The molecule has 0 atom stereocenters. The molecule has 2 aromatic heterocycles. The summed E-state index contributed by atoms with van der Waals surface area (Å²) in [5.74, 6) is 0.278. The van der Waals surface area contributed by atoms with Crippen LogP contribution in [-0.4, -0.2) is 16.1 Å². The first-order valence-electron chi connectivity index (χ1n) is 7.44. The molecule has 2 heterocycles. The van der Waals surface area contributed by atoms with Gasteiger partial charge in [-0.3, -0.25) is 4.57 Å². The van der Waals surface area contributed by atoms with Gasteiger partial charge >= 0.3 is 6.18 Å². The fraction of sp³-hybridized carbons (Fsp3) is 0.235. The molecule has 0 spiro atoms. The topological polar surface area (TPSA) is 43.8 Å². The maximum Gasteiger partial charge on any atom is 0.417 e. The molecule has 3 rings (SSSR count). The average molecular weight is 354 g/mol. The number of pyridine rings is 1. The predicted molar refractivity (Wildman–Crippen MR) is 88.5 cm³/mol. The molecule has 7 heteroatoms. The highest BCUT2D eigenvalue weighted by molar-refractivity contribution is 6.32. The van der Waals surface area contributed by atoms with Crippen LogP contribution >= 0.6 is 11.6 Å². The van der Waals surface area contributed by atoms with Crippen molar-refractivity contribution in [2.75, 3.05) is 6.54 Å². The molecule has 0 bridgehead atoms. The molecule has 0 aliphatic carbocycles. The lowest BCUT2D eigenvalue weighted by Crippen LogP contribution is -2.07. The largest absolute Gasteiger partial charge is 0.417 e. The Morgan fingerprint density at radius 2 is 1.96 bits per heavy atom. The lowest BCUT2D eigenvalue weighted by Gasteiger charge is -2.10. The molecule has 1 aromatic carbocycles. The Morgan fingerprint density at radius 1 is 1.21 bits per heavy atom. The average Bonchev–Trinajstić information content (AvgIpc) is 2.91. The van der Waals surface area contributed by atoms with E-state index in [-0.39, 0.29) is 10.8 Å². The van der Waals surface area contributed by atoms with Crippen molar-refractivity contribution in [2.24, 2.45) is 5.73 Å². The van der Waals surface area contributed by atoms with Crippen molar-refractivity contribution >= 4 is 22.5 Å². The van der Waals surface area contributed by atoms with Gasteiger partial charge in [-0.05, 0) is 37.1 Å². The van der Waals surface area contributed by atoms with Crippen LogP contribution in [-0.2, 0) is 12.6 Å². The van der Waals surface area contributed by atoms with Crippen molar-refractivity contribution in [3.05, 3.63) is 58.9 Å². The van der Waals surface area contributed by atoms with Gasteiger partial charge in [-0.25, -0.2) is 4.98 Å². The molecule has 0 radical (unpaired) electrons. The Hall–Kier alpha value is -2.05. The number of hydrogen-bond donors (Lipinski definition) is 1. The van der Waals surface area contributed by atoms with E-state index < -0.39 is 11.7 Å². The number of rotatable bonds is 4. The third-order valence-corrected chi connectivity index (χ3v) is 4.10. The molecule has 0 amide bonds. The number of aromatic nitrogens is 2. The van der Waals surface area contributed by atoms with Gasteiger partial charge in [0, 0.05) is 17.8 Å². The highest BCUT2D eigenvalue weighted by Gasteiger charge is 2.31. The standard InChI is InChI=1S/C17H15ClF3N3/c18-14-8-12(17(19,20)21)9-23-16(14)24-10-11(4-3-7-22)13-5-1-2-6-15(13)24/h1-2,5-6,8-10H,3-4,7,22H2. The molecule has 0 saturated carbocycles. The van der Waals surface area contributed by atoms with E-state index >= 15 is 0 Å². The summed E-state index contributed by atoms with van der Waals surface area (Å²) in [5.41, 5.74) is 6.62. The van der Waals surface area contributed by atoms with E-state index in [4.69, 9.17) is 17.3 Å². The van der Waals surface area contributed by atoms with Crippen molar-refractivity contribution in [1.82, 2.24) is 9.55 Å². The molecule has 2 N–H and O–H groups in total. The summed E-state index contributed by atoms with van der Waals surface area (Å²) < 4.78 is 40.1. The van der Waals surface area contributed by atoms with Gasteiger partial charge in [-0.15, -0.1) is 0 Å². The summed E-state index contributed by atoms with van der Waals surface area (Å²) in [6.45, 7) is 0.568. The number of aryl methyl sites for hydroxylation is 1. The van der Waals surface area contributed by atoms with Crippen LogP contribution in [0.5, 0.6) is 0 Å². The fourth-order valence-corrected chi connectivity index (χ4v) is 2.94. The zero-order chi connectivity index (χ0) is 17.3. The molecule has 24 heavy (non-hydrogen) atoms. The lowest BCUT2D eigenvalue weighted by molar-refractivity contribution is -0.137. The van der Waals surface area contributed by atoms with Crippen molar-refractivity contribution in [3.8, 4) is 5.82 Å². The van der Waals surface area contributed by atoms with E-state index in [1.807, 2.05) is 30.5 Å². The highest BCUT2D eigenvalue weighted by Crippen LogP contribution is 2.33. The van der Waals surface area contributed by atoms with E-state index in [0.29, 0.717) is 6.54 Å². The first-order valence-corrected chi connectivity index (χ1v) is 7.81. The fourth-order valence-electron chi connectivity index (χ4n) is 2.68. The van der Waals surface area contributed by atoms with E-state index in [1.165, 1.54) is 0 Å². The number of halogens is 4. The molecule has 0 aliphatic rings. The zero-order valence-corrected chi connectivity index (χ0v) is 13.4. The Bertz CT molecular complexity index is 871. The Morgan fingerprint density at radius 3 is 2.62 bits per heavy atom. The first-order chi connectivity index (χ1) is 11.4. The summed E-state index contributed by atoms with van der Waals surface area (Å²) >= 11 is 6.08. The number of benzene rings is 1. The minimum atomic E-state index is -4.47. The number of fused-ring (bicyclic) bond motifs is 1. The number of hydrogen-bond acceptors (Lipinski definition) is 2. The maximum atomic E-state index is 12.8. The third-order valence-electron chi connectivity index (χ3n) is 3.82. The molecule has 3 nitrogen and oxygen atoms in total. The number of nitrogens with two attached hydrogens (primary N) is 1. The normalized spacial score (nSPS) is 12.0. The van der Waals surface area contributed by atoms with Crippen LogP contribution < -0.4 is 5.73 Å². The zero-order valence-electron chi connectivity index (χ0n) is 12.6. The van der Waals surface area contributed by atoms with Crippen molar-refractivity contribution in [2.45, 2.75) is 19.0 Å². The lowest BCUT2D eigenvalue weighted by atomic mass is 10.1. The summed E-state index contributed by atoms with van der Waals surface area (Å²) in [7, 11) is 0. The molecule has 126 valence electrons. The molecule has 3 aromatic rings. The van der Waals surface area contributed by atoms with Gasteiger partial charge in [0.1, 0.15) is 0 Å². The van der Waals surface area contributed by atoms with Gasteiger partial charge in [0.05, 0.1) is 16.1 Å². The van der Waals surface area contributed by atoms with Gasteiger partial charge < -0.3 is 5.73 Å². The molecular weight excluding hydrogens is 339 g/mol. The van der Waals surface area contributed by atoms with Gasteiger partial charge in [-0.1, -0.05) is 29.8 Å². The Labute approximate surface area is 141 Å². The highest BCUT2D eigenvalue weighted by atomic mass is 35.5. The summed E-state index contributed by atoms with van der Waals surface area (Å²) in [5, 5.41) is 0.972. The minimum absolute atomic E-state index is 0.0454. The molecule has 0 saturated heterocycles. The second-order valence-electron chi connectivity index (χ2n) is 5.46. The minimum Gasteiger partial charge on any atom is -0.330 e. The molecule has 0 fully saturated rings. The van der Waals surface area contributed by atoms with Gasteiger partial charge in [-0.2, -0.15) is 13.2 Å². The summed E-state index contributed by atoms with van der Waals surface area (Å²) in [6.07, 6.45) is -0.206. The van der Waals surface area contributed by atoms with E-state index in [9.17, 15) is 13.2 Å². The Kier molecular flexibility index (Phi) is 4.51. The molecular formula is C17H15ClF3N3. The van der Waals surface area contributed by atoms with E-state index in [2.05, 4.69) is 4.98 Å². The van der Waals surface area contributed by atoms with E-state index in [0.717, 1.165) is 41.6 Å².